The lowest BCUT2D eigenvalue weighted by atomic mass is 9.27. The lowest BCUT2D eigenvalue weighted by molar-refractivity contribution is -0.385. The van der Waals surface area contributed by atoms with Crippen LogP contribution in [0.5, 0.6) is 0 Å². The van der Waals surface area contributed by atoms with Gasteiger partial charge in [-0.3, -0.25) is 45.3 Å². The smallest absolute Gasteiger partial charge is 0.413 e. The maximum atomic E-state index is 11.2. The molecule has 0 N–H and O–H groups in total. The first-order chi connectivity index (χ1) is 71.9. The Balaban J connectivity index is 0.000000113. The summed E-state index contributed by atoms with van der Waals surface area (Å²) in [6.07, 6.45) is -1.70. The van der Waals surface area contributed by atoms with Crippen LogP contribution < -0.4 is 53.5 Å². The van der Waals surface area contributed by atoms with Gasteiger partial charge in [-0.1, -0.05) is 369 Å². The van der Waals surface area contributed by atoms with Crippen molar-refractivity contribution >= 4 is 207 Å². The third kappa shape index (κ3) is 17.9. The second kappa shape index (κ2) is 42.1. The van der Waals surface area contributed by atoms with Gasteiger partial charge in [0.25, 0.3) is 17.1 Å². The van der Waals surface area contributed by atoms with E-state index in [9.17, 15) is 30.3 Å². The monoisotopic (exact) mass is 2000 g/mol. The van der Waals surface area contributed by atoms with Gasteiger partial charge in [-0.2, -0.15) is 22.7 Å². The molecule has 24 rings (SSSR count). The SMILES string of the molecule is CC1=C(c2ccc([N+](=O)[O-])cc2)[B-](c2ccc([N+](=O)[O-])cc2)(c2ccc([N+](=O)[O-])cc2)[O+](C)C1.CC1=C(c2ccc3ccccc3c2)[B-](c2ccc3ccccc3c2)(c2ccc3ccccc3c2)[O+](C)C1.CC1=C(c2ccc3ccccc3c2)[B-](c2ccccc2)(c2ccc(C)cc2)[O+](C)C1.CC1=C(c2ccccn2)[B-](c2ccccn2)(c2ccccn2)[O+](C)C1.CC1=C(c2cccs2)[B-](c2cccs2)(c2cccs2)[O+](C)C1. The number of non-ortho nitro benzene ring substituents is 3. The van der Waals surface area contributed by atoms with E-state index in [1.165, 1.54) is 177 Å². The lowest BCUT2D eigenvalue weighted by Gasteiger charge is -2.43. The summed E-state index contributed by atoms with van der Waals surface area (Å²) in [5, 5.41) is 50.4. The van der Waals surface area contributed by atoms with E-state index in [2.05, 4.69) is 385 Å². The molecule has 17 nitrogen and oxygen atoms in total. The second-order valence-corrected chi connectivity index (χ2v) is 42.9. The summed E-state index contributed by atoms with van der Waals surface area (Å²) in [6, 6.07) is 133. The molecule has 0 fully saturated rings. The summed E-state index contributed by atoms with van der Waals surface area (Å²) in [7, 11) is 10.5. The predicted octanol–water partition coefficient (Wildman–Crippen LogP) is 22.8. The van der Waals surface area contributed by atoms with Crippen molar-refractivity contribution in [2.75, 3.05) is 68.6 Å². The summed E-state index contributed by atoms with van der Waals surface area (Å²) in [5.41, 5.74) is 27.4. The molecular formula is C123H113B5N6O11S3. The quantitative estimate of drug-likeness (QED) is 0.0349. The molecule has 734 valence electrons. The minimum absolute atomic E-state index is 0.0372. The van der Waals surface area contributed by atoms with Crippen LogP contribution in [0.2, 0.25) is 0 Å². The van der Waals surface area contributed by atoms with Gasteiger partial charge in [-0.05, 0) is 182 Å². The van der Waals surface area contributed by atoms with Crippen LogP contribution in [0.4, 0.5) is 17.1 Å². The summed E-state index contributed by atoms with van der Waals surface area (Å²) in [4.78, 5) is 47.8. The van der Waals surface area contributed by atoms with Crippen LogP contribution in [-0.2, 0) is 21.4 Å². The summed E-state index contributed by atoms with van der Waals surface area (Å²) in [5.74, 6) is 0. The van der Waals surface area contributed by atoms with Gasteiger partial charge in [-0.25, -0.2) is 0 Å². The average molecular weight is 2000 g/mol. The molecule has 25 heteroatoms. The molecule has 0 aliphatic carbocycles. The average Bonchev–Trinajstić information content (AvgIpc) is 1.55. The molecule has 0 saturated heterocycles. The van der Waals surface area contributed by atoms with E-state index >= 15 is 0 Å². The summed E-state index contributed by atoms with van der Waals surface area (Å²) < 4.78 is 20.2. The molecule has 0 saturated carbocycles. The molecule has 1 unspecified atom stereocenters. The van der Waals surface area contributed by atoms with Crippen molar-refractivity contribution in [1.29, 1.82) is 0 Å². The Morgan fingerprint density at radius 2 is 0.554 bits per heavy atom. The molecule has 0 radical (unpaired) electrons. The van der Waals surface area contributed by atoms with Crippen molar-refractivity contribution in [1.82, 2.24) is 15.0 Å². The van der Waals surface area contributed by atoms with Crippen molar-refractivity contribution in [3.63, 3.8) is 0 Å². The molecule has 0 spiro atoms. The van der Waals surface area contributed by atoms with Crippen molar-refractivity contribution in [3.8, 4) is 0 Å². The molecule has 0 amide bonds. The van der Waals surface area contributed by atoms with Gasteiger partial charge in [0.05, 0.1) is 50.3 Å². The number of benzene rings is 13. The van der Waals surface area contributed by atoms with Gasteiger partial charge in [0.2, 0.25) is 0 Å². The zero-order chi connectivity index (χ0) is 103. The third-order valence-corrected chi connectivity index (χ3v) is 34.3. The van der Waals surface area contributed by atoms with Gasteiger partial charge in [-0.15, -0.1) is 44.1 Å². The van der Waals surface area contributed by atoms with Crippen LogP contribution in [0, 0.1) is 37.3 Å². The number of aryl methyl sites for hydroxylation is 1. The van der Waals surface area contributed by atoms with E-state index in [-0.39, 0.29) is 17.1 Å². The molecule has 19 aromatic rings. The Bertz CT molecular complexity index is 8130. The fourth-order valence-electron chi connectivity index (χ4n) is 25.3. The Kier molecular flexibility index (Phi) is 28.4. The first kappa shape index (κ1) is 99.8. The molecule has 6 aromatic heterocycles. The van der Waals surface area contributed by atoms with E-state index in [0.717, 1.165) is 70.8 Å². The number of hydrogen-bond donors (Lipinski definition) is 0. The lowest BCUT2D eigenvalue weighted by Crippen LogP contribution is -2.66. The number of nitro benzene ring substituents is 3. The van der Waals surface area contributed by atoms with Crippen LogP contribution in [0.15, 0.2) is 451 Å². The molecular weight excluding hydrogens is 1890 g/mol. The highest BCUT2D eigenvalue weighted by Crippen LogP contribution is 2.48. The maximum Gasteiger partial charge on any atom is 0.413 e. The summed E-state index contributed by atoms with van der Waals surface area (Å²) in [6.45, 7) is 17.2. The third-order valence-electron chi connectivity index (χ3n) is 31.4. The van der Waals surface area contributed by atoms with Gasteiger partial charge in [0.1, 0.15) is 33.0 Å². The van der Waals surface area contributed by atoms with Gasteiger partial charge in [0, 0.05) is 65.6 Å². The topological polar surface area (TPSA) is 182 Å². The molecule has 148 heavy (non-hydrogen) atoms. The van der Waals surface area contributed by atoms with E-state index in [1.54, 1.807) is 36.4 Å². The number of thiophene rings is 3. The number of hydrogen-bond acceptors (Lipinski definition) is 12. The Labute approximate surface area is 875 Å². The van der Waals surface area contributed by atoms with Crippen LogP contribution in [0.1, 0.15) is 67.4 Å². The van der Waals surface area contributed by atoms with Crippen LogP contribution in [-0.4, -0.2) is 130 Å². The highest BCUT2D eigenvalue weighted by molar-refractivity contribution is 7.40. The van der Waals surface area contributed by atoms with Crippen molar-refractivity contribution < 1.29 is 36.2 Å². The van der Waals surface area contributed by atoms with Gasteiger partial charge < -0.3 is 21.4 Å². The number of fused-ring (bicyclic) bond motifs is 4. The Morgan fingerprint density at radius 1 is 0.250 bits per heavy atom. The summed E-state index contributed by atoms with van der Waals surface area (Å²) >= 11 is 5.58. The molecule has 5 aliphatic heterocycles. The number of nitro groups is 3. The maximum absolute atomic E-state index is 11.2. The van der Waals surface area contributed by atoms with Crippen LogP contribution in [0.3, 0.4) is 0 Å². The number of nitrogens with zero attached hydrogens (tertiary/aromatic N) is 6. The minimum Gasteiger partial charge on any atom is -0.659 e. The highest BCUT2D eigenvalue weighted by Gasteiger charge is 2.57. The Hall–Kier alpha value is -15.5. The van der Waals surface area contributed by atoms with Crippen LogP contribution in [0.25, 0.3) is 70.5 Å². The first-order valence-corrected chi connectivity index (χ1v) is 52.6. The minimum atomic E-state index is -1.94. The van der Waals surface area contributed by atoms with Crippen LogP contribution >= 0.6 is 34.0 Å². The molecule has 13 aromatic carbocycles. The molecule has 0 bridgehead atoms. The number of pyridine rings is 3. The van der Waals surface area contributed by atoms with E-state index < -0.39 is 46.5 Å². The van der Waals surface area contributed by atoms with Crippen molar-refractivity contribution in [3.05, 3.63) is 514 Å². The zero-order valence-corrected chi connectivity index (χ0v) is 87.2. The zero-order valence-electron chi connectivity index (χ0n) is 84.7. The fraction of sp³-hybridized carbons (Fsp3) is 0.130. The first-order valence-electron chi connectivity index (χ1n) is 50.0. The second-order valence-electron chi connectivity index (χ2n) is 40.0. The number of aromatic nitrogens is 3. The standard InChI is InChI=1S/C35H29BO.C28H27BO.C23H20BN3O7.C20H20BN3O.C17H17BOS3/c1-25-24-37(2)36(33-19-17-27-10-4-7-13-30(27)22-33,34-20-18-28-11-5-8-14-31(28)23-34)35(25)32-16-15-26-9-3-6-12-29(26)21-32;1-21-13-17-27(18-14-21)29(26-11-5-4-6-12-26)28(22(2)20-30(29)3)25-16-15-23-9-7-8-10-24(23)19-25;1-16-15-34(2)24(18-5-11-21(12-6-18)26(30)31,19-7-13-22(14-8-19)27(32)33)23(16)17-3-9-20(10-4-17)25(28)29;1-16-15-25(2)21(18-10-4-7-13-23-18,19-11-5-8-14-24-19)20(16)17-9-3-6-12-22-17;1-13-12-19(2)18(15-7-4-10-21-15,16-8-5-11-22-16)17(13)14-6-3-9-20-14/h3-23H,24H2,1-2H3;4-19H,20H2,1-3H3;3-14H,15H2,1-2H3;3-14H,15H2,1-2H3;3-11H,12H2,1-2H3. The van der Waals surface area contributed by atoms with Crippen molar-refractivity contribution in [2.24, 2.45) is 0 Å². The van der Waals surface area contributed by atoms with E-state index in [4.69, 9.17) is 9.97 Å². The van der Waals surface area contributed by atoms with Gasteiger partial charge >= 0.3 is 31.7 Å². The molecule has 11 heterocycles. The predicted molar refractivity (Wildman–Crippen MR) is 626 cm³/mol. The van der Waals surface area contributed by atoms with Crippen molar-refractivity contribution in [2.45, 2.75) is 41.5 Å². The van der Waals surface area contributed by atoms with Gasteiger partial charge in [0.15, 0.2) is 0 Å². The van der Waals surface area contributed by atoms with E-state index in [1.807, 2.05) is 103 Å². The number of rotatable bonds is 18. The van der Waals surface area contributed by atoms with E-state index in [0.29, 0.717) is 6.61 Å². The normalized spacial score (nSPS) is 17.0. The fourth-order valence-corrected chi connectivity index (χ4v) is 28.5. The Morgan fingerprint density at radius 3 is 0.932 bits per heavy atom. The highest BCUT2D eigenvalue weighted by atomic mass is 32.1. The molecule has 1 atom stereocenters. The largest absolute Gasteiger partial charge is 0.659 e. The molecule has 5 aliphatic rings.